The number of benzene rings is 7. The van der Waals surface area contributed by atoms with Crippen LogP contribution in [0.1, 0.15) is 0 Å². The molecule has 0 saturated heterocycles. The number of aromatic nitrogens is 5. The average molecular weight is 750 g/mol. The van der Waals surface area contributed by atoms with Gasteiger partial charge in [0, 0.05) is 58.6 Å². The summed E-state index contributed by atoms with van der Waals surface area (Å²) in [6, 6.07) is 55.3. The van der Waals surface area contributed by atoms with Crippen molar-refractivity contribution in [1.29, 1.82) is 0 Å². The van der Waals surface area contributed by atoms with Gasteiger partial charge in [-0.25, -0.2) is 24.9 Å². The van der Waals surface area contributed by atoms with Crippen LogP contribution in [0.2, 0.25) is 0 Å². The van der Waals surface area contributed by atoms with Gasteiger partial charge in [-0.05, 0) is 36.4 Å². The predicted octanol–water partition coefficient (Wildman–Crippen LogP) is 13.2. The molecule has 57 heavy (non-hydrogen) atoms. The highest BCUT2D eigenvalue weighted by Crippen LogP contribution is 2.43. The van der Waals surface area contributed by atoms with Crippen LogP contribution in [0.15, 0.2) is 173 Å². The summed E-state index contributed by atoms with van der Waals surface area (Å²) >= 11 is 1.74. The van der Waals surface area contributed by atoms with E-state index in [1.54, 1.807) is 11.3 Å². The molecule has 7 aromatic carbocycles. The third-order valence-corrected chi connectivity index (χ3v) is 11.7. The van der Waals surface area contributed by atoms with E-state index in [4.69, 9.17) is 33.8 Å². The first kappa shape index (κ1) is 31.8. The first-order valence-electron chi connectivity index (χ1n) is 18.7. The van der Waals surface area contributed by atoms with Crippen LogP contribution >= 0.6 is 11.3 Å². The zero-order valence-corrected chi connectivity index (χ0v) is 30.9. The zero-order chi connectivity index (χ0) is 37.5. The largest absolute Gasteiger partial charge is 0.455 e. The summed E-state index contributed by atoms with van der Waals surface area (Å²) in [5, 5.41) is 5.23. The lowest BCUT2D eigenvalue weighted by atomic mass is 10.0. The van der Waals surface area contributed by atoms with E-state index in [0.29, 0.717) is 28.9 Å². The molecule has 0 fully saturated rings. The van der Waals surface area contributed by atoms with Crippen LogP contribution in [0.25, 0.3) is 121 Å². The van der Waals surface area contributed by atoms with Crippen LogP contribution in [0, 0.1) is 0 Å². The van der Waals surface area contributed by atoms with Crippen molar-refractivity contribution in [2.75, 3.05) is 0 Å². The maximum Gasteiger partial charge on any atom is 0.180 e. The van der Waals surface area contributed by atoms with Gasteiger partial charge < -0.3 is 8.83 Å². The van der Waals surface area contributed by atoms with E-state index in [0.717, 1.165) is 92.1 Å². The fourth-order valence-corrected chi connectivity index (χ4v) is 9.09. The van der Waals surface area contributed by atoms with Crippen molar-refractivity contribution in [3.63, 3.8) is 0 Å². The molecule has 266 valence electrons. The minimum absolute atomic E-state index is 0.575. The second-order valence-electron chi connectivity index (χ2n) is 14.0. The van der Waals surface area contributed by atoms with Gasteiger partial charge in [0.25, 0.3) is 0 Å². The van der Waals surface area contributed by atoms with Crippen molar-refractivity contribution in [3.8, 4) is 56.8 Å². The quantitative estimate of drug-likeness (QED) is 0.173. The molecular formula is C49H27N5O2S. The summed E-state index contributed by atoms with van der Waals surface area (Å²) in [4.78, 5) is 25.5. The predicted molar refractivity (Wildman–Crippen MR) is 230 cm³/mol. The van der Waals surface area contributed by atoms with Crippen LogP contribution in [-0.4, -0.2) is 24.9 Å². The number of hydrogen-bond donors (Lipinski definition) is 0. The molecule has 0 N–H and O–H groups in total. The lowest BCUT2D eigenvalue weighted by Crippen LogP contribution is -2.00. The van der Waals surface area contributed by atoms with Crippen molar-refractivity contribution >= 4 is 75.5 Å². The Morgan fingerprint density at radius 2 is 0.965 bits per heavy atom. The molecule has 5 heterocycles. The molecule has 0 aliphatic rings. The van der Waals surface area contributed by atoms with Gasteiger partial charge in [0.05, 0.1) is 5.56 Å². The van der Waals surface area contributed by atoms with E-state index in [1.807, 2.05) is 115 Å². The Labute approximate surface area is 328 Å². The third-order valence-electron chi connectivity index (χ3n) is 10.6. The van der Waals surface area contributed by atoms with Gasteiger partial charge in [-0.1, -0.05) is 127 Å². The second kappa shape index (κ2) is 12.5. The molecule has 0 aliphatic carbocycles. The van der Waals surface area contributed by atoms with Crippen molar-refractivity contribution in [1.82, 2.24) is 24.9 Å². The van der Waals surface area contributed by atoms with Gasteiger partial charge in [0.15, 0.2) is 28.9 Å². The topological polar surface area (TPSA) is 90.7 Å². The molecule has 0 spiro atoms. The molecule has 12 aromatic rings. The highest BCUT2D eigenvalue weighted by molar-refractivity contribution is 7.26. The molecule has 0 bridgehead atoms. The summed E-state index contributed by atoms with van der Waals surface area (Å²) in [6.07, 6.45) is 0. The SMILES string of the molecule is c1ccc(-c2nc(-c3ccccc3)nc(-c3cccc4sc5cc(-c6nc(-c7cccc8c7oc7ccccc78)nc7c6oc6ccccc67)ccc5c34)n2)cc1. The Bertz CT molecular complexity index is 3480. The van der Waals surface area contributed by atoms with Gasteiger partial charge >= 0.3 is 0 Å². The molecule has 5 aromatic heterocycles. The first-order chi connectivity index (χ1) is 28.2. The minimum Gasteiger partial charge on any atom is -0.455 e. The number of rotatable bonds is 5. The molecular weight excluding hydrogens is 723 g/mol. The standard InChI is InChI=1S/C49H27N5O2S/c1-3-13-28(14-4-1)46-52-47(29-15-5-2-6-16-29)54-48(53-46)35-20-12-24-39-41(35)34-26-25-30(27-40(34)57-39)42-45-43(33-18-8-10-23-38(33)56-45)51-49(50-42)36-21-11-19-32-31-17-7-9-22-37(31)55-44(32)36/h1-27H. The first-order valence-corrected chi connectivity index (χ1v) is 19.5. The lowest BCUT2D eigenvalue weighted by molar-refractivity contribution is 0.666. The summed E-state index contributed by atoms with van der Waals surface area (Å²) in [5.41, 5.74) is 9.04. The van der Waals surface area contributed by atoms with Crippen LogP contribution in [0.3, 0.4) is 0 Å². The van der Waals surface area contributed by atoms with Gasteiger partial charge in [0.2, 0.25) is 0 Å². The van der Waals surface area contributed by atoms with E-state index in [9.17, 15) is 0 Å². The van der Waals surface area contributed by atoms with Gasteiger partial charge in [-0.15, -0.1) is 11.3 Å². The fraction of sp³-hybridized carbons (Fsp3) is 0. The molecule has 0 atom stereocenters. The number of furan rings is 2. The van der Waals surface area contributed by atoms with Gasteiger partial charge in [0.1, 0.15) is 28.0 Å². The maximum atomic E-state index is 6.54. The van der Waals surface area contributed by atoms with Crippen molar-refractivity contribution in [2.45, 2.75) is 0 Å². The van der Waals surface area contributed by atoms with E-state index in [-0.39, 0.29) is 0 Å². The molecule has 7 nitrogen and oxygen atoms in total. The summed E-state index contributed by atoms with van der Waals surface area (Å²) in [7, 11) is 0. The second-order valence-corrected chi connectivity index (χ2v) is 15.1. The van der Waals surface area contributed by atoms with Crippen LogP contribution in [0.4, 0.5) is 0 Å². The fourth-order valence-electron chi connectivity index (χ4n) is 7.92. The molecule has 0 unspecified atom stereocenters. The summed E-state index contributed by atoms with van der Waals surface area (Å²) < 4.78 is 15.2. The Hall–Kier alpha value is -7.55. The van der Waals surface area contributed by atoms with Crippen LogP contribution < -0.4 is 0 Å². The third kappa shape index (κ3) is 5.08. The molecule has 0 amide bonds. The lowest BCUT2D eigenvalue weighted by Gasteiger charge is -2.09. The highest BCUT2D eigenvalue weighted by Gasteiger charge is 2.22. The molecule has 0 radical (unpaired) electrons. The highest BCUT2D eigenvalue weighted by atomic mass is 32.1. The van der Waals surface area contributed by atoms with E-state index < -0.39 is 0 Å². The summed E-state index contributed by atoms with van der Waals surface area (Å²) in [5.74, 6) is 2.46. The van der Waals surface area contributed by atoms with E-state index >= 15 is 0 Å². The van der Waals surface area contributed by atoms with E-state index in [2.05, 4.69) is 48.5 Å². The normalized spacial score (nSPS) is 11.9. The molecule has 0 saturated carbocycles. The smallest absolute Gasteiger partial charge is 0.180 e. The number of para-hydroxylation sites is 3. The van der Waals surface area contributed by atoms with Gasteiger partial charge in [-0.2, -0.15) is 0 Å². The molecule has 0 aliphatic heterocycles. The Morgan fingerprint density at radius 3 is 1.74 bits per heavy atom. The molecule has 12 rings (SSSR count). The zero-order valence-electron chi connectivity index (χ0n) is 30.0. The minimum atomic E-state index is 0.575. The Kier molecular flexibility index (Phi) is 6.96. The van der Waals surface area contributed by atoms with Gasteiger partial charge in [-0.3, -0.25) is 0 Å². The van der Waals surface area contributed by atoms with Crippen LogP contribution in [0.5, 0.6) is 0 Å². The molecule has 8 heteroatoms. The van der Waals surface area contributed by atoms with Crippen molar-refractivity contribution in [3.05, 3.63) is 164 Å². The number of thiophene rings is 1. The monoisotopic (exact) mass is 749 g/mol. The van der Waals surface area contributed by atoms with Crippen molar-refractivity contribution in [2.24, 2.45) is 0 Å². The van der Waals surface area contributed by atoms with Crippen LogP contribution in [-0.2, 0) is 0 Å². The Morgan fingerprint density at radius 1 is 0.368 bits per heavy atom. The van der Waals surface area contributed by atoms with Crippen molar-refractivity contribution < 1.29 is 8.83 Å². The number of nitrogens with zero attached hydrogens (tertiary/aromatic N) is 5. The maximum absolute atomic E-state index is 6.54. The number of hydrogen-bond acceptors (Lipinski definition) is 8. The summed E-state index contributed by atoms with van der Waals surface area (Å²) in [6.45, 7) is 0. The number of fused-ring (bicyclic) bond motifs is 9. The van der Waals surface area contributed by atoms with E-state index in [1.165, 1.54) is 0 Å². The average Bonchev–Trinajstić information content (AvgIpc) is 3.97. The Balaban J connectivity index is 1.06.